The van der Waals surface area contributed by atoms with Crippen LogP contribution in [-0.2, 0) is 11.3 Å². The molecule has 3 nitrogen and oxygen atoms in total. The summed E-state index contributed by atoms with van der Waals surface area (Å²) in [6.07, 6.45) is 4.82. The average molecular weight is 469 g/mol. The van der Waals surface area contributed by atoms with Gasteiger partial charge in [-0.3, -0.25) is 4.79 Å². The van der Waals surface area contributed by atoms with Crippen molar-refractivity contribution < 1.29 is 9.18 Å². The summed E-state index contributed by atoms with van der Waals surface area (Å²) < 4.78 is 15.7. The molecule has 1 aliphatic rings. The lowest BCUT2D eigenvalue weighted by Crippen LogP contribution is -2.38. The molecule has 1 aliphatic heterocycles. The monoisotopic (exact) mass is 468 g/mol. The second kappa shape index (κ2) is 10.1. The number of halogens is 1. The van der Waals surface area contributed by atoms with Crippen LogP contribution in [0.15, 0.2) is 79.0 Å². The number of likely N-dealkylation sites (tertiary alicyclic amines) is 1. The van der Waals surface area contributed by atoms with Crippen LogP contribution in [-0.4, -0.2) is 28.5 Å². The number of hydrogen-bond acceptors (Lipinski definition) is 1. The highest BCUT2D eigenvalue weighted by atomic mass is 19.1. The number of nitrogens with zero attached hydrogens (tertiary/aromatic N) is 2. The second-order valence-electron chi connectivity index (χ2n) is 10.1. The lowest BCUT2D eigenvalue weighted by molar-refractivity contribution is -0.132. The lowest BCUT2D eigenvalue weighted by Gasteiger charge is -2.31. The number of aryl methyl sites for hydroxylation is 1. The van der Waals surface area contributed by atoms with Gasteiger partial charge in [0.05, 0.1) is 0 Å². The van der Waals surface area contributed by atoms with Crippen molar-refractivity contribution in [1.29, 1.82) is 0 Å². The van der Waals surface area contributed by atoms with Crippen LogP contribution in [0, 0.1) is 18.7 Å². The smallest absolute Gasteiger partial charge is 0.223 e. The van der Waals surface area contributed by atoms with Crippen molar-refractivity contribution in [2.45, 2.75) is 45.6 Å². The first kappa shape index (κ1) is 23.3. The van der Waals surface area contributed by atoms with Crippen LogP contribution in [0.1, 0.15) is 54.4 Å². The Morgan fingerprint density at radius 1 is 1.00 bits per heavy atom. The molecule has 4 heteroatoms. The van der Waals surface area contributed by atoms with Crippen LogP contribution in [0.4, 0.5) is 4.39 Å². The number of carbonyl (C=O) groups excluding carboxylic acids is 1. The zero-order valence-corrected chi connectivity index (χ0v) is 20.6. The Labute approximate surface area is 207 Å². The van der Waals surface area contributed by atoms with E-state index in [4.69, 9.17) is 0 Å². The minimum Gasteiger partial charge on any atom is -0.343 e. The first-order valence-electron chi connectivity index (χ1n) is 12.6. The molecule has 0 saturated carbocycles. The molecular weight excluding hydrogens is 435 g/mol. The van der Waals surface area contributed by atoms with Gasteiger partial charge in [-0.15, -0.1) is 0 Å². The molecule has 0 radical (unpaired) electrons. The van der Waals surface area contributed by atoms with Crippen molar-refractivity contribution >= 4 is 16.8 Å². The van der Waals surface area contributed by atoms with Gasteiger partial charge in [-0.2, -0.15) is 0 Å². The number of rotatable bonds is 6. The van der Waals surface area contributed by atoms with E-state index in [2.05, 4.69) is 78.0 Å². The van der Waals surface area contributed by atoms with Crippen LogP contribution in [0.2, 0.25) is 0 Å². The summed E-state index contributed by atoms with van der Waals surface area (Å²) in [7, 11) is 0. The van der Waals surface area contributed by atoms with Crippen molar-refractivity contribution in [3.8, 4) is 0 Å². The van der Waals surface area contributed by atoms with Gasteiger partial charge in [0.2, 0.25) is 5.91 Å². The van der Waals surface area contributed by atoms with Crippen molar-refractivity contribution in [2.75, 3.05) is 13.1 Å². The number of benzene rings is 3. The van der Waals surface area contributed by atoms with Gasteiger partial charge < -0.3 is 9.47 Å². The molecule has 4 aromatic rings. The highest BCUT2D eigenvalue weighted by Crippen LogP contribution is 2.36. The molecule has 0 bridgehead atoms. The normalized spacial score (nSPS) is 15.5. The van der Waals surface area contributed by atoms with Crippen LogP contribution in [0.3, 0.4) is 0 Å². The maximum Gasteiger partial charge on any atom is 0.223 e. The van der Waals surface area contributed by atoms with Gasteiger partial charge in [-0.25, -0.2) is 4.39 Å². The molecule has 1 fully saturated rings. The van der Waals surface area contributed by atoms with Gasteiger partial charge in [0.15, 0.2) is 0 Å². The van der Waals surface area contributed by atoms with E-state index in [0.29, 0.717) is 18.9 Å². The Morgan fingerprint density at radius 3 is 2.49 bits per heavy atom. The highest BCUT2D eigenvalue weighted by molar-refractivity contribution is 5.87. The van der Waals surface area contributed by atoms with E-state index in [9.17, 15) is 9.18 Å². The van der Waals surface area contributed by atoms with E-state index in [1.165, 1.54) is 34.2 Å². The van der Waals surface area contributed by atoms with Crippen LogP contribution in [0.25, 0.3) is 10.9 Å². The Kier molecular flexibility index (Phi) is 6.72. The molecule has 0 unspecified atom stereocenters. The zero-order chi connectivity index (χ0) is 24.4. The van der Waals surface area contributed by atoms with E-state index < -0.39 is 0 Å². The molecule has 1 amide bonds. The van der Waals surface area contributed by atoms with E-state index >= 15 is 0 Å². The molecular formula is C31H33FN2O. The van der Waals surface area contributed by atoms with Gasteiger partial charge >= 0.3 is 0 Å². The number of aromatic nitrogens is 1. The topological polar surface area (TPSA) is 25.2 Å². The molecule has 0 N–H and O–H groups in total. The average Bonchev–Trinajstić information content (AvgIpc) is 3.22. The summed E-state index contributed by atoms with van der Waals surface area (Å²) in [6.45, 7) is 6.73. The predicted octanol–water partition coefficient (Wildman–Crippen LogP) is 6.92. The largest absolute Gasteiger partial charge is 0.343 e. The maximum absolute atomic E-state index is 13.5. The Morgan fingerprint density at radius 2 is 1.74 bits per heavy atom. The minimum absolute atomic E-state index is 0.0267. The molecule has 180 valence electrons. The van der Waals surface area contributed by atoms with E-state index in [-0.39, 0.29) is 17.6 Å². The quantitative estimate of drug-likeness (QED) is 0.302. The summed E-state index contributed by atoms with van der Waals surface area (Å²) in [6, 6.07) is 23.6. The van der Waals surface area contributed by atoms with Crippen molar-refractivity contribution in [3.63, 3.8) is 0 Å². The molecule has 1 atom stereocenters. The number of carbonyl (C=O) groups is 1. The fraction of sp³-hybridized carbons (Fsp3) is 0.323. The summed E-state index contributed by atoms with van der Waals surface area (Å²) >= 11 is 0. The van der Waals surface area contributed by atoms with E-state index in [1.54, 1.807) is 0 Å². The van der Waals surface area contributed by atoms with Gasteiger partial charge in [0, 0.05) is 49.1 Å². The standard InChI is InChI=1S/C31H33FN2O/c1-22-14-16-33(17-15-22)31(35)19-28(25-7-5-6-23(2)18-25)29-21-34(30-9-4-3-8-27(29)30)20-24-10-12-26(32)13-11-24/h3-13,18,21-22,28H,14-17,19-20H2,1-2H3/t28-/m1/s1. The van der Waals surface area contributed by atoms with Crippen molar-refractivity contribution in [3.05, 3.63) is 107 Å². The molecule has 0 aliphatic carbocycles. The molecule has 5 rings (SSSR count). The third-order valence-corrected chi connectivity index (χ3v) is 7.42. The molecule has 35 heavy (non-hydrogen) atoms. The van der Waals surface area contributed by atoms with E-state index in [1.807, 2.05) is 12.1 Å². The van der Waals surface area contributed by atoms with Gasteiger partial charge in [0.25, 0.3) is 0 Å². The molecule has 3 aromatic carbocycles. The number of piperidine rings is 1. The van der Waals surface area contributed by atoms with Crippen molar-refractivity contribution in [1.82, 2.24) is 9.47 Å². The highest BCUT2D eigenvalue weighted by Gasteiger charge is 2.27. The van der Waals surface area contributed by atoms with E-state index in [0.717, 1.165) is 37.0 Å². The number of hydrogen-bond donors (Lipinski definition) is 0. The number of para-hydroxylation sites is 1. The maximum atomic E-state index is 13.5. The van der Waals surface area contributed by atoms with Crippen LogP contribution < -0.4 is 0 Å². The van der Waals surface area contributed by atoms with Crippen LogP contribution in [0.5, 0.6) is 0 Å². The third-order valence-electron chi connectivity index (χ3n) is 7.42. The number of fused-ring (bicyclic) bond motifs is 1. The first-order chi connectivity index (χ1) is 17.0. The Bertz CT molecular complexity index is 1320. The van der Waals surface area contributed by atoms with Crippen molar-refractivity contribution in [2.24, 2.45) is 5.92 Å². The Hall–Kier alpha value is -3.40. The molecule has 1 saturated heterocycles. The van der Waals surface area contributed by atoms with Gasteiger partial charge in [0.1, 0.15) is 5.82 Å². The second-order valence-corrected chi connectivity index (χ2v) is 10.1. The predicted molar refractivity (Wildman–Crippen MR) is 140 cm³/mol. The van der Waals surface area contributed by atoms with Gasteiger partial charge in [-0.05, 0) is 60.6 Å². The summed E-state index contributed by atoms with van der Waals surface area (Å²) in [5.41, 5.74) is 5.72. The molecule has 1 aromatic heterocycles. The SMILES string of the molecule is Cc1cccc([C@@H](CC(=O)N2CCC(C)CC2)c2cn(Cc3ccc(F)cc3)c3ccccc23)c1. The summed E-state index contributed by atoms with van der Waals surface area (Å²) in [4.78, 5) is 15.6. The summed E-state index contributed by atoms with van der Waals surface area (Å²) in [5, 5.41) is 1.17. The third kappa shape index (κ3) is 5.17. The molecule has 2 heterocycles. The fourth-order valence-electron chi connectivity index (χ4n) is 5.33. The van der Waals surface area contributed by atoms with Crippen LogP contribution >= 0.6 is 0 Å². The fourth-order valence-corrected chi connectivity index (χ4v) is 5.33. The lowest BCUT2D eigenvalue weighted by atomic mass is 9.86. The molecule has 0 spiro atoms. The zero-order valence-electron chi connectivity index (χ0n) is 20.6. The first-order valence-corrected chi connectivity index (χ1v) is 12.6. The summed E-state index contributed by atoms with van der Waals surface area (Å²) in [5.74, 6) is 0.674. The number of amides is 1. The van der Waals surface area contributed by atoms with Gasteiger partial charge in [-0.1, -0.05) is 67.1 Å². The minimum atomic E-state index is -0.225. The Balaban J connectivity index is 1.54.